The molecule has 19 heavy (non-hydrogen) atoms. The Kier molecular flexibility index (Phi) is 6.32. The Morgan fingerprint density at radius 1 is 1.53 bits per heavy atom. The molecule has 0 spiro atoms. The van der Waals surface area contributed by atoms with Crippen LogP contribution in [0.1, 0.15) is 19.4 Å². The van der Waals surface area contributed by atoms with Gasteiger partial charge in [0.05, 0.1) is 4.92 Å². The number of nitro groups is 1. The van der Waals surface area contributed by atoms with Gasteiger partial charge in [0.1, 0.15) is 12.4 Å². The van der Waals surface area contributed by atoms with Crippen LogP contribution in [0.4, 0.5) is 5.69 Å². The van der Waals surface area contributed by atoms with Crippen molar-refractivity contribution in [3.63, 3.8) is 0 Å². The van der Waals surface area contributed by atoms with Crippen LogP contribution in [0.25, 0.3) is 0 Å². The molecule has 0 aliphatic heterocycles. The third-order valence-corrected chi connectivity index (χ3v) is 2.56. The fourth-order valence-corrected chi connectivity index (χ4v) is 1.52. The van der Waals surface area contributed by atoms with Crippen molar-refractivity contribution in [1.29, 1.82) is 0 Å². The van der Waals surface area contributed by atoms with Gasteiger partial charge in [-0.25, -0.2) is 0 Å². The molecule has 0 aliphatic rings. The van der Waals surface area contributed by atoms with Crippen LogP contribution in [-0.4, -0.2) is 17.6 Å². The standard InChI is InChI=1S/C13H17ClN2O3/c1-10(2)15-9-11-8-12(16(17)18)4-5-13(11)19-7-3-6-14/h3-6,8,10,15H,7,9H2,1-2H3/b6-3+. The molecule has 0 saturated carbocycles. The van der Waals surface area contributed by atoms with Crippen molar-refractivity contribution in [2.75, 3.05) is 6.61 Å². The summed E-state index contributed by atoms with van der Waals surface area (Å²) in [7, 11) is 0. The van der Waals surface area contributed by atoms with Crippen molar-refractivity contribution in [3.8, 4) is 5.75 Å². The van der Waals surface area contributed by atoms with E-state index in [9.17, 15) is 10.1 Å². The number of hydrogen-bond acceptors (Lipinski definition) is 4. The van der Waals surface area contributed by atoms with E-state index >= 15 is 0 Å². The van der Waals surface area contributed by atoms with E-state index < -0.39 is 4.92 Å². The second-order valence-electron chi connectivity index (χ2n) is 4.26. The molecule has 0 fully saturated rings. The van der Waals surface area contributed by atoms with E-state index in [1.54, 1.807) is 12.1 Å². The Balaban J connectivity index is 2.90. The lowest BCUT2D eigenvalue weighted by molar-refractivity contribution is -0.384. The first-order valence-corrected chi connectivity index (χ1v) is 6.37. The van der Waals surface area contributed by atoms with Crippen LogP contribution < -0.4 is 10.1 Å². The molecule has 0 unspecified atom stereocenters. The molecule has 1 aromatic carbocycles. The number of halogens is 1. The highest BCUT2D eigenvalue weighted by atomic mass is 35.5. The van der Waals surface area contributed by atoms with Gasteiger partial charge in [0.25, 0.3) is 5.69 Å². The minimum Gasteiger partial charge on any atom is -0.489 e. The number of hydrogen-bond donors (Lipinski definition) is 1. The number of nitro benzene ring substituents is 1. The van der Waals surface area contributed by atoms with Crippen molar-refractivity contribution >= 4 is 17.3 Å². The van der Waals surface area contributed by atoms with E-state index in [1.165, 1.54) is 17.7 Å². The van der Waals surface area contributed by atoms with E-state index in [4.69, 9.17) is 16.3 Å². The quantitative estimate of drug-likeness (QED) is 0.617. The van der Waals surface area contributed by atoms with Crippen molar-refractivity contribution in [1.82, 2.24) is 5.32 Å². The zero-order valence-corrected chi connectivity index (χ0v) is 11.7. The average molecular weight is 285 g/mol. The Hall–Kier alpha value is -1.59. The zero-order chi connectivity index (χ0) is 14.3. The van der Waals surface area contributed by atoms with Gasteiger partial charge in [-0.05, 0) is 12.1 Å². The highest BCUT2D eigenvalue weighted by molar-refractivity contribution is 6.25. The molecular formula is C13H17ClN2O3. The molecule has 0 amide bonds. The summed E-state index contributed by atoms with van der Waals surface area (Å²) in [5, 5.41) is 14.0. The highest BCUT2D eigenvalue weighted by Crippen LogP contribution is 2.24. The largest absolute Gasteiger partial charge is 0.489 e. The van der Waals surface area contributed by atoms with Gasteiger partial charge >= 0.3 is 0 Å². The van der Waals surface area contributed by atoms with Crippen LogP contribution in [-0.2, 0) is 6.54 Å². The lowest BCUT2D eigenvalue weighted by atomic mass is 10.1. The average Bonchev–Trinajstić information content (AvgIpc) is 2.37. The number of benzene rings is 1. The fraction of sp³-hybridized carbons (Fsp3) is 0.385. The first-order chi connectivity index (χ1) is 9.04. The van der Waals surface area contributed by atoms with Gasteiger partial charge < -0.3 is 10.1 Å². The van der Waals surface area contributed by atoms with Crippen LogP contribution in [0.2, 0.25) is 0 Å². The molecule has 6 heteroatoms. The van der Waals surface area contributed by atoms with E-state index in [2.05, 4.69) is 5.32 Å². The van der Waals surface area contributed by atoms with E-state index in [1.807, 2.05) is 13.8 Å². The lowest BCUT2D eigenvalue weighted by Crippen LogP contribution is -2.22. The van der Waals surface area contributed by atoms with Gasteiger partial charge in [-0.2, -0.15) is 0 Å². The molecule has 1 rings (SSSR count). The molecule has 0 saturated heterocycles. The summed E-state index contributed by atoms with van der Waals surface area (Å²) in [6.45, 7) is 4.86. The van der Waals surface area contributed by atoms with Crippen molar-refractivity contribution < 1.29 is 9.66 Å². The molecule has 0 aliphatic carbocycles. The second-order valence-corrected chi connectivity index (χ2v) is 4.51. The summed E-state index contributed by atoms with van der Waals surface area (Å²) in [5.41, 5.74) is 2.18. The third kappa shape index (κ3) is 5.28. The van der Waals surface area contributed by atoms with Gasteiger partial charge in [0.15, 0.2) is 0 Å². The Morgan fingerprint density at radius 2 is 2.26 bits per heavy atom. The Bertz CT molecular complexity index is 461. The summed E-state index contributed by atoms with van der Waals surface area (Å²) >= 11 is 5.41. The van der Waals surface area contributed by atoms with Crippen LogP contribution in [0.5, 0.6) is 5.75 Å². The summed E-state index contributed by atoms with van der Waals surface area (Å²) in [6, 6.07) is 4.85. The van der Waals surface area contributed by atoms with Crippen LogP contribution in [0, 0.1) is 10.1 Å². The summed E-state index contributed by atoms with van der Waals surface area (Å²) < 4.78 is 5.51. The van der Waals surface area contributed by atoms with E-state index in [-0.39, 0.29) is 11.7 Å². The minimum absolute atomic E-state index is 0.0563. The maximum absolute atomic E-state index is 10.8. The minimum atomic E-state index is -0.415. The molecule has 0 radical (unpaired) electrons. The molecule has 1 N–H and O–H groups in total. The summed E-state index contributed by atoms with van der Waals surface area (Å²) in [6.07, 6.45) is 1.66. The number of nitrogens with one attached hydrogen (secondary N) is 1. The van der Waals surface area contributed by atoms with Crippen LogP contribution in [0.15, 0.2) is 29.8 Å². The first-order valence-electron chi connectivity index (χ1n) is 5.93. The molecule has 0 aromatic heterocycles. The van der Waals surface area contributed by atoms with Crippen molar-refractivity contribution in [2.45, 2.75) is 26.4 Å². The molecular weight excluding hydrogens is 268 g/mol. The smallest absolute Gasteiger partial charge is 0.270 e. The van der Waals surface area contributed by atoms with Crippen molar-refractivity contribution in [2.24, 2.45) is 0 Å². The molecule has 5 nitrogen and oxygen atoms in total. The molecule has 1 aromatic rings. The van der Waals surface area contributed by atoms with Crippen molar-refractivity contribution in [3.05, 3.63) is 45.5 Å². The monoisotopic (exact) mass is 284 g/mol. The number of ether oxygens (including phenoxy) is 1. The maximum Gasteiger partial charge on any atom is 0.270 e. The predicted molar refractivity (Wildman–Crippen MR) is 75.6 cm³/mol. The van der Waals surface area contributed by atoms with E-state index in [0.29, 0.717) is 18.9 Å². The summed E-state index contributed by atoms with van der Waals surface area (Å²) in [4.78, 5) is 10.4. The first kappa shape index (κ1) is 15.5. The number of non-ortho nitro benzene ring substituents is 1. The Labute approximate surface area is 117 Å². The predicted octanol–water partition coefficient (Wildman–Crippen LogP) is 3.22. The SMILES string of the molecule is CC(C)NCc1cc([N+](=O)[O-])ccc1OC/C=C/Cl. The van der Waals surface area contributed by atoms with Gasteiger partial charge in [0.2, 0.25) is 0 Å². The maximum atomic E-state index is 10.8. The highest BCUT2D eigenvalue weighted by Gasteiger charge is 2.11. The Morgan fingerprint density at radius 3 is 2.84 bits per heavy atom. The van der Waals surface area contributed by atoms with Gasteiger partial charge in [-0.15, -0.1) is 0 Å². The molecule has 0 heterocycles. The molecule has 104 valence electrons. The fourth-order valence-electron chi connectivity index (χ4n) is 1.45. The topological polar surface area (TPSA) is 64.4 Å². The summed E-state index contributed by atoms with van der Waals surface area (Å²) in [5.74, 6) is 0.619. The normalized spacial score (nSPS) is 11.2. The lowest BCUT2D eigenvalue weighted by Gasteiger charge is -2.12. The second kappa shape index (κ2) is 7.76. The van der Waals surface area contributed by atoms with Crippen LogP contribution in [0.3, 0.4) is 0 Å². The number of rotatable bonds is 7. The van der Waals surface area contributed by atoms with Crippen LogP contribution >= 0.6 is 11.6 Å². The zero-order valence-electron chi connectivity index (χ0n) is 10.9. The van der Waals surface area contributed by atoms with Gasteiger partial charge in [-0.1, -0.05) is 25.4 Å². The van der Waals surface area contributed by atoms with E-state index in [0.717, 1.165) is 5.56 Å². The number of nitrogens with zero attached hydrogens (tertiary/aromatic N) is 1. The van der Waals surface area contributed by atoms with Gasteiger partial charge in [0, 0.05) is 35.8 Å². The molecule has 0 bridgehead atoms. The molecule has 0 atom stereocenters. The third-order valence-electron chi connectivity index (χ3n) is 2.38. The van der Waals surface area contributed by atoms with Gasteiger partial charge in [-0.3, -0.25) is 10.1 Å².